The number of carboxylic acids is 1. The minimum Gasteiger partial charge on any atom is -0.508 e. The van der Waals surface area contributed by atoms with Crippen molar-refractivity contribution < 1.29 is 20.1 Å². The maximum atomic E-state index is 10.1. The lowest BCUT2D eigenvalue weighted by atomic mass is 10.0. The predicted octanol–water partition coefficient (Wildman–Crippen LogP) is 1.66. The first-order valence-electron chi connectivity index (χ1n) is 6.32. The lowest BCUT2D eigenvalue weighted by Gasteiger charge is -2.19. The Balaban J connectivity index is 0.000000399. The first kappa shape index (κ1) is 15.5. The molecule has 1 aromatic rings. The van der Waals surface area contributed by atoms with E-state index in [4.69, 9.17) is 9.90 Å². The summed E-state index contributed by atoms with van der Waals surface area (Å²) >= 11 is 0. The molecule has 0 amide bonds. The molecular formula is C14H21NO4. The standard InChI is InChI=1S/C12H17NO2.C2H4O2/c1-8-5-6-11(13-8)12(15)9-3-2-4-10(14)7-9;1-2(3)4/h2-4,7-8,11-15H,5-6H2,1H3;1H3,(H,3,4)/t8-,11-,12-;/m0./s1. The van der Waals surface area contributed by atoms with E-state index in [0.29, 0.717) is 6.04 Å². The number of hydrogen-bond donors (Lipinski definition) is 4. The zero-order chi connectivity index (χ0) is 14.4. The molecule has 1 aliphatic heterocycles. The lowest BCUT2D eigenvalue weighted by molar-refractivity contribution is -0.134. The van der Waals surface area contributed by atoms with Gasteiger partial charge in [0.15, 0.2) is 0 Å². The Hall–Kier alpha value is -1.59. The van der Waals surface area contributed by atoms with Gasteiger partial charge in [0.25, 0.3) is 5.97 Å². The average molecular weight is 267 g/mol. The first-order chi connectivity index (χ1) is 8.90. The minimum absolute atomic E-state index is 0.113. The number of carboxylic acid groups (broad SMARTS) is 1. The molecule has 3 atom stereocenters. The summed E-state index contributed by atoms with van der Waals surface area (Å²) in [6.07, 6.45) is 1.56. The number of nitrogens with one attached hydrogen (secondary N) is 1. The predicted molar refractivity (Wildman–Crippen MR) is 72.0 cm³/mol. The number of aliphatic hydroxyl groups excluding tert-OH is 1. The van der Waals surface area contributed by atoms with Crippen LogP contribution in [-0.2, 0) is 4.79 Å². The summed E-state index contributed by atoms with van der Waals surface area (Å²) in [5, 5.41) is 30.2. The number of rotatable bonds is 2. The molecule has 2 rings (SSSR count). The van der Waals surface area contributed by atoms with Crippen molar-refractivity contribution >= 4 is 5.97 Å². The molecule has 4 N–H and O–H groups in total. The molecule has 106 valence electrons. The van der Waals surface area contributed by atoms with Crippen molar-refractivity contribution in [3.63, 3.8) is 0 Å². The summed E-state index contributed by atoms with van der Waals surface area (Å²) in [5.41, 5.74) is 0.779. The van der Waals surface area contributed by atoms with Gasteiger partial charge in [0, 0.05) is 19.0 Å². The van der Waals surface area contributed by atoms with Crippen molar-refractivity contribution in [2.45, 2.75) is 44.9 Å². The number of benzene rings is 1. The Morgan fingerprint density at radius 2 is 2.05 bits per heavy atom. The Bertz CT molecular complexity index is 418. The quantitative estimate of drug-likeness (QED) is 0.654. The van der Waals surface area contributed by atoms with E-state index < -0.39 is 12.1 Å². The molecular weight excluding hydrogens is 246 g/mol. The molecule has 0 saturated carbocycles. The maximum absolute atomic E-state index is 10.1. The third-order valence-corrected chi connectivity index (χ3v) is 3.00. The Morgan fingerprint density at radius 3 is 2.53 bits per heavy atom. The van der Waals surface area contributed by atoms with Crippen LogP contribution in [0.25, 0.3) is 0 Å². The number of hydrogen-bond acceptors (Lipinski definition) is 4. The van der Waals surface area contributed by atoms with Crippen molar-refractivity contribution in [2.24, 2.45) is 0 Å². The van der Waals surface area contributed by atoms with Gasteiger partial charge in [-0.15, -0.1) is 0 Å². The molecule has 0 bridgehead atoms. The molecule has 1 aliphatic rings. The summed E-state index contributed by atoms with van der Waals surface area (Å²) in [6, 6.07) is 7.42. The second-order valence-electron chi connectivity index (χ2n) is 4.81. The molecule has 0 radical (unpaired) electrons. The molecule has 1 saturated heterocycles. The molecule has 0 spiro atoms. The van der Waals surface area contributed by atoms with E-state index in [1.54, 1.807) is 18.2 Å². The van der Waals surface area contributed by atoms with E-state index in [1.807, 2.05) is 6.07 Å². The van der Waals surface area contributed by atoms with Gasteiger partial charge in [-0.2, -0.15) is 0 Å². The topological polar surface area (TPSA) is 89.8 Å². The van der Waals surface area contributed by atoms with Gasteiger partial charge in [-0.3, -0.25) is 4.79 Å². The molecule has 1 aromatic carbocycles. The average Bonchev–Trinajstić information content (AvgIpc) is 2.74. The number of aliphatic hydroxyl groups is 1. The van der Waals surface area contributed by atoms with E-state index in [0.717, 1.165) is 25.3 Å². The van der Waals surface area contributed by atoms with Gasteiger partial charge in [0.05, 0.1) is 6.10 Å². The van der Waals surface area contributed by atoms with Gasteiger partial charge >= 0.3 is 0 Å². The zero-order valence-corrected chi connectivity index (χ0v) is 11.2. The first-order valence-corrected chi connectivity index (χ1v) is 6.32. The van der Waals surface area contributed by atoms with Crippen LogP contribution in [0.5, 0.6) is 5.75 Å². The van der Waals surface area contributed by atoms with E-state index in [9.17, 15) is 10.2 Å². The van der Waals surface area contributed by atoms with Gasteiger partial charge in [-0.25, -0.2) is 0 Å². The highest BCUT2D eigenvalue weighted by atomic mass is 16.4. The lowest BCUT2D eigenvalue weighted by Crippen LogP contribution is -2.32. The van der Waals surface area contributed by atoms with Crippen LogP contribution in [0.4, 0.5) is 0 Å². The fourth-order valence-electron chi connectivity index (χ4n) is 2.15. The number of carbonyl (C=O) groups is 1. The Kier molecular flexibility index (Phi) is 5.79. The van der Waals surface area contributed by atoms with E-state index >= 15 is 0 Å². The zero-order valence-electron chi connectivity index (χ0n) is 11.2. The van der Waals surface area contributed by atoms with Crippen LogP contribution in [0.2, 0.25) is 0 Å². The van der Waals surface area contributed by atoms with Crippen LogP contribution >= 0.6 is 0 Å². The highest BCUT2D eigenvalue weighted by Gasteiger charge is 2.27. The van der Waals surface area contributed by atoms with Crippen molar-refractivity contribution in [1.29, 1.82) is 0 Å². The second kappa shape index (κ2) is 7.11. The third kappa shape index (κ3) is 5.28. The fourth-order valence-corrected chi connectivity index (χ4v) is 2.15. The fraction of sp³-hybridized carbons (Fsp3) is 0.500. The summed E-state index contributed by atoms with van der Waals surface area (Å²) in [7, 11) is 0. The summed E-state index contributed by atoms with van der Waals surface area (Å²) in [4.78, 5) is 9.00. The third-order valence-electron chi connectivity index (χ3n) is 3.00. The minimum atomic E-state index is -0.833. The molecule has 1 fully saturated rings. The van der Waals surface area contributed by atoms with Gasteiger partial charge in [-0.1, -0.05) is 12.1 Å². The molecule has 5 heteroatoms. The largest absolute Gasteiger partial charge is 0.508 e. The van der Waals surface area contributed by atoms with Crippen molar-refractivity contribution in [1.82, 2.24) is 5.32 Å². The van der Waals surface area contributed by atoms with Crippen molar-refractivity contribution in [3.05, 3.63) is 29.8 Å². The summed E-state index contributed by atoms with van der Waals surface area (Å²) in [6.45, 7) is 3.20. The van der Waals surface area contributed by atoms with Crippen LogP contribution in [0.1, 0.15) is 38.4 Å². The smallest absolute Gasteiger partial charge is 0.300 e. The summed E-state index contributed by atoms with van der Waals surface area (Å²) < 4.78 is 0. The molecule has 5 nitrogen and oxygen atoms in total. The normalized spacial score (nSPS) is 23.3. The number of aliphatic carboxylic acids is 1. The van der Waals surface area contributed by atoms with Gasteiger partial charge in [-0.05, 0) is 37.5 Å². The van der Waals surface area contributed by atoms with E-state index in [-0.39, 0.29) is 11.8 Å². The maximum Gasteiger partial charge on any atom is 0.300 e. The van der Waals surface area contributed by atoms with Gasteiger partial charge in [0.1, 0.15) is 5.75 Å². The van der Waals surface area contributed by atoms with Crippen LogP contribution in [0.15, 0.2) is 24.3 Å². The van der Waals surface area contributed by atoms with E-state index in [1.165, 1.54) is 0 Å². The second-order valence-corrected chi connectivity index (χ2v) is 4.81. The number of phenolic OH excluding ortho intramolecular Hbond substituents is 1. The van der Waals surface area contributed by atoms with E-state index in [2.05, 4.69) is 12.2 Å². The number of phenols is 1. The van der Waals surface area contributed by atoms with Crippen LogP contribution in [0, 0.1) is 0 Å². The van der Waals surface area contributed by atoms with Crippen LogP contribution in [-0.4, -0.2) is 33.4 Å². The molecule has 0 unspecified atom stereocenters. The van der Waals surface area contributed by atoms with Crippen molar-refractivity contribution in [3.8, 4) is 5.75 Å². The van der Waals surface area contributed by atoms with Gasteiger partial charge < -0.3 is 20.6 Å². The van der Waals surface area contributed by atoms with Crippen LogP contribution in [0.3, 0.4) is 0 Å². The molecule has 0 aliphatic carbocycles. The SMILES string of the molecule is CC(=O)O.C[C@H]1CC[C@@H]([C@@H](O)c2cccc(O)c2)N1. The number of aromatic hydroxyl groups is 1. The van der Waals surface area contributed by atoms with Gasteiger partial charge in [0.2, 0.25) is 0 Å². The molecule has 0 aromatic heterocycles. The highest BCUT2D eigenvalue weighted by molar-refractivity contribution is 5.62. The summed E-state index contributed by atoms with van der Waals surface area (Å²) in [5.74, 6) is -0.627. The highest BCUT2D eigenvalue weighted by Crippen LogP contribution is 2.26. The Morgan fingerprint density at radius 1 is 1.42 bits per heavy atom. The molecule has 19 heavy (non-hydrogen) atoms. The molecule has 1 heterocycles. The van der Waals surface area contributed by atoms with Crippen LogP contribution < -0.4 is 5.32 Å². The Labute approximate surface area is 112 Å². The van der Waals surface area contributed by atoms with Crippen molar-refractivity contribution in [2.75, 3.05) is 0 Å². The monoisotopic (exact) mass is 267 g/mol.